The summed E-state index contributed by atoms with van der Waals surface area (Å²) >= 11 is 11.9. The second-order valence-corrected chi connectivity index (χ2v) is 8.61. The van der Waals surface area contributed by atoms with Crippen molar-refractivity contribution in [3.63, 3.8) is 0 Å². The van der Waals surface area contributed by atoms with Crippen LogP contribution in [0.5, 0.6) is 0 Å². The van der Waals surface area contributed by atoms with Gasteiger partial charge in [-0.1, -0.05) is 23.2 Å². The van der Waals surface area contributed by atoms with Gasteiger partial charge in [0.05, 0.1) is 12.6 Å². The molecular formula is C19H27Cl2N3O3. The number of carbonyl (C=O) groups excluding carboxylic acids is 2. The Morgan fingerprint density at radius 3 is 2.48 bits per heavy atom. The molecule has 2 amide bonds. The summed E-state index contributed by atoms with van der Waals surface area (Å²) in [6.45, 7) is 6.82. The third-order valence-corrected chi connectivity index (χ3v) is 4.72. The number of ether oxygens (including phenoxy) is 1. The number of hydrogen-bond donors (Lipinski definition) is 1. The molecule has 1 atom stereocenters. The van der Waals surface area contributed by atoms with Crippen LogP contribution in [0.1, 0.15) is 33.6 Å². The molecule has 1 aliphatic rings. The molecule has 0 saturated carbocycles. The van der Waals surface area contributed by atoms with Gasteiger partial charge >= 0.3 is 6.09 Å². The van der Waals surface area contributed by atoms with Crippen molar-refractivity contribution in [2.75, 3.05) is 32.0 Å². The van der Waals surface area contributed by atoms with Crippen LogP contribution in [0.3, 0.4) is 0 Å². The van der Waals surface area contributed by atoms with E-state index >= 15 is 0 Å². The summed E-state index contributed by atoms with van der Waals surface area (Å²) in [5.74, 6) is -0.0339. The number of nitrogens with zero attached hydrogens (tertiary/aromatic N) is 2. The van der Waals surface area contributed by atoms with Crippen molar-refractivity contribution in [1.82, 2.24) is 9.80 Å². The van der Waals surface area contributed by atoms with Crippen LogP contribution in [0.4, 0.5) is 10.5 Å². The van der Waals surface area contributed by atoms with Crippen molar-refractivity contribution in [3.05, 3.63) is 28.2 Å². The van der Waals surface area contributed by atoms with E-state index < -0.39 is 5.60 Å². The maximum atomic E-state index is 12.6. The van der Waals surface area contributed by atoms with Crippen LogP contribution in [0.15, 0.2) is 18.2 Å². The summed E-state index contributed by atoms with van der Waals surface area (Å²) in [6, 6.07) is 5.02. The minimum Gasteiger partial charge on any atom is -0.444 e. The zero-order valence-corrected chi connectivity index (χ0v) is 17.7. The molecule has 1 aromatic carbocycles. The smallest absolute Gasteiger partial charge is 0.410 e. The lowest BCUT2D eigenvalue weighted by Crippen LogP contribution is -2.52. The maximum Gasteiger partial charge on any atom is 0.410 e. The van der Waals surface area contributed by atoms with Crippen LogP contribution < -0.4 is 5.32 Å². The van der Waals surface area contributed by atoms with Gasteiger partial charge in [0.2, 0.25) is 5.91 Å². The summed E-state index contributed by atoms with van der Waals surface area (Å²) in [6.07, 6.45) is 1.32. The van der Waals surface area contributed by atoms with E-state index in [1.165, 1.54) is 0 Å². The monoisotopic (exact) mass is 415 g/mol. The number of benzene rings is 1. The van der Waals surface area contributed by atoms with Gasteiger partial charge in [-0.15, -0.1) is 0 Å². The second-order valence-electron chi connectivity index (χ2n) is 7.74. The van der Waals surface area contributed by atoms with Crippen molar-refractivity contribution >= 4 is 40.9 Å². The molecule has 2 rings (SSSR count). The number of amides is 2. The van der Waals surface area contributed by atoms with E-state index in [-0.39, 0.29) is 24.6 Å². The maximum absolute atomic E-state index is 12.6. The molecule has 6 nitrogen and oxygen atoms in total. The Hall–Kier alpha value is -1.66. The molecule has 1 fully saturated rings. The Kier molecular flexibility index (Phi) is 7.23. The highest BCUT2D eigenvalue weighted by molar-refractivity contribution is 6.35. The summed E-state index contributed by atoms with van der Waals surface area (Å²) in [5, 5.41) is 4.07. The highest BCUT2D eigenvalue weighted by atomic mass is 35.5. The second kappa shape index (κ2) is 9.02. The number of carbonyl (C=O) groups is 2. The van der Waals surface area contributed by atoms with Crippen LogP contribution in [-0.2, 0) is 9.53 Å². The Morgan fingerprint density at radius 2 is 1.89 bits per heavy atom. The Morgan fingerprint density at radius 1 is 1.26 bits per heavy atom. The zero-order chi connectivity index (χ0) is 20.2. The fourth-order valence-electron chi connectivity index (χ4n) is 2.93. The molecule has 1 N–H and O–H groups in total. The number of likely N-dealkylation sites (tertiary alicyclic amines) is 1. The van der Waals surface area contributed by atoms with Crippen LogP contribution in [0.25, 0.3) is 0 Å². The van der Waals surface area contributed by atoms with E-state index in [0.717, 1.165) is 12.8 Å². The molecule has 27 heavy (non-hydrogen) atoms. The molecule has 1 aliphatic heterocycles. The van der Waals surface area contributed by atoms with Gasteiger partial charge in [0, 0.05) is 35.9 Å². The first-order chi connectivity index (χ1) is 12.5. The van der Waals surface area contributed by atoms with Crippen molar-refractivity contribution < 1.29 is 14.3 Å². The molecule has 0 spiro atoms. The van der Waals surface area contributed by atoms with Crippen molar-refractivity contribution in [1.29, 1.82) is 0 Å². The number of piperidine rings is 1. The molecule has 1 unspecified atom stereocenters. The molecule has 0 bridgehead atoms. The standard InChI is InChI=1S/C19H27Cl2N3O3/c1-19(2,3)27-18(26)23(4)16-6-5-7-24(12-16)17(25)11-22-15-9-13(20)8-14(21)10-15/h8-10,16,22H,5-7,11-12H2,1-4H3. The fourth-order valence-corrected chi connectivity index (χ4v) is 3.45. The van der Waals surface area contributed by atoms with Gasteiger partial charge in [-0.25, -0.2) is 4.79 Å². The third kappa shape index (κ3) is 6.78. The van der Waals surface area contributed by atoms with Crippen molar-refractivity contribution in [2.45, 2.75) is 45.3 Å². The van der Waals surface area contributed by atoms with E-state index in [1.54, 1.807) is 35.0 Å². The van der Waals surface area contributed by atoms with Gasteiger partial charge in [0.1, 0.15) is 5.60 Å². The molecule has 1 heterocycles. The van der Waals surface area contributed by atoms with E-state index in [0.29, 0.717) is 28.8 Å². The summed E-state index contributed by atoms with van der Waals surface area (Å²) in [4.78, 5) is 28.2. The summed E-state index contributed by atoms with van der Waals surface area (Å²) < 4.78 is 5.42. The Bertz CT molecular complexity index is 671. The molecule has 0 aliphatic carbocycles. The van der Waals surface area contributed by atoms with E-state index in [9.17, 15) is 9.59 Å². The predicted octanol–water partition coefficient (Wildman–Crippen LogP) is 4.26. The lowest BCUT2D eigenvalue weighted by atomic mass is 10.0. The summed E-state index contributed by atoms with van der Waals surface area (Å²) in [7, 11) is 1.72. The van der Waals surface area contributed by atoms with Crippen LogP contribution >= 0.6 is 23.2 Å². The van der Waals surface area contributed by atoms with E-state index in [2.05, 4.69) is 5.32 Å². The van der Waals surface area contributed by atoms with Gasteiger partial charge in [0.25, 0.3) is 0 Å². The summed E-state index contributed by atoms with van der Waals surface area (Å²) in [5.41, 5.74) is 0.151. The molecule has 1 saturated heterocycles. The van der Waals surface area contributed by atoms with Gasteiger partial charge in [0.15, 0.2) is 0 Å². The van der Waals surface area contributed by atoms with Crippen LogP contribution in [0.2, 0.25) is 10.0 Å². The lowest BCUT2D eigenvalue weighted by Gasteiger charge is -2.38. The SMILES string of the molecule is CN(C(=O)OC(C)(C)C)C1CCCN(C(=O)CNc2cc(Cl)cc(Cl)c2)C1. The number of likely N-dealkylation sites (N-methyl/N-ethyl adjacent to an activating group) is 1. The van der Waals surface area contributed by atoms with E-state index in [1.807, 2.05) is 20.8 Å². The normalized spacial score (nSPS) is 17.4. The number of anilines is 1. The van der Waals surface area contributed by atoms with Crippen molar-refractivity contribution in [3.8, 4) is 0 Å². The third-order valence-electron chi connectivity index (χ3n) is 4.28. The first-order valence-corrected chi connectivity index (χ1v) is 9.74. The first-order valence-electron chi connectivity index (χ1n) is 8.99. The topological polar surface area (TPSA) is 61.9 Å². The minimum atomic E-state index is -0.544. The van der Waals surface area contributed by atoms with Gasteiger partial charge < -0.3 is 19.9 Å². The number of hydrogen-bond acceptors (Lipinski definition) is 4. The van der Waals surface area contributed by atoms with E-state index in [4.69, 9.17) is 27.9 Å². The average molecular weight is 416 g/mol. The molecule has 8 heteroatoms. The molecular weight excluding hydrogens is 389 g/mol. The number of halogens is 2. The molecule has 0 radical (unpaired) electrons. The lowest BCUT2D eigenvalue weighted by molar-refractivity contribution is -0.131. The minimum absolute atomic E-state index is 0.0339. The van der Waals surface area contributed by atoms with Gasteiger partial charge in [-0.3, -0.25) is 4.79 Å². The van der Waals surface area contributed by atoms with Gasteiger partial charge in [-0.2, -0.15) is 0 Å². The molecule has 0 aromatic heterocycles. The van der Waals surface area contributed by atoms with Crippen LogP contribution in [0, 0.1) is 0 Å². The highest BCUT2D eigenvalue weighted by Gasteiger charge is 2.30. The molecule has 150 valence electrons. The highest BCUT2D eigenvalue weighted by Crippen LogP contribution is 2.23. The predicted molar refractivity (Wildman–Crippen MR) is 109 cm³/mol. The fraction of sp³-hybridized carbons (Fsp3) is 0.579. The van der Waals surface area contributed by atoms with Crippen LogP contribution in [-0.4, -0.2) is 60.1 Å². The number of nitrogens with one attached hydrogen (secondary N) is 1. The Labute approximate surface area is 170 Å². The average Bonchev–Trinajstić information content (AvgIpc) is 2.56. The number of rotatable bonds is 4. The quantitative estimate of drug-likeness (QED) is 0.797. The zero-order valence-electron chi connectivity index (χ0n) is 16.2. The van der Waals surface area contributed by atoms with Crippen molar-refractivity contribution in [2.24, 2.45) is 0 Å². The largest absolute Gasteiger partial charge is 0.444 e. The Balaban J connectivity index is 1.90. The molecule has 1 aromatic rings. The van der Waals surface area contributed by atoms with Gasteiger partial charge in [-0.05, 0) is 51.8 Å². The first kappa shape index (κ1) is 21.6.